The van der Waals surface area contributed by atoms with Crippen LogP contribution in [0.2, 0.25) is 0 Å². The smallest absolute Gasteiger partial charge is 0.119 e. The fraction of sp³-hybridized carbons (Fsp3) is 0.250. The van der Waals surface area contributed by atoms with Crippen LogP contribution in [0.1, 0.15) is 25.0 Å². The van der Waals surface area contributed by atoms with Gasteiger partial charge in [-0.15, -0.1) is 0 Å². The fourth-order valence-electron chi connectivity index (χ4n) is 2.05. The summed E-state index contributed by atoms with van der Waals surface area (Å²) in [5, 5.41) is 0. The van der Waals surface area contributed by atoms with Crippen molar-refractivity contribution < 1.29 is 4.74 Å². The van der Waals surface area contributed by atoms with Crippen LogP contribution < -0.4 is 10.5 Å². The summed E-state index contributed by atoms with van der Waals surface area (Å²) >= 11 is 3.49. The molecule has 0 fully saturated rings. The summed E-state index contributed by atoms with van der Waals surface area (Å²) in [6.45, 7) is 4.64. The van der Waals surface area contributed by atoms with Gasteiger partial charge in [0.15, 0.2) is 0 Å². The third-order valence-electron chi connectivity index (χ3n) is 3.17. The zero-order valence-corrected chi connectivity index (χ0v) is 12.8. The minimum absolute atomic E-state index is 0.545. The van der Waals surface area contributed by atoms with Crippen molar-refractivity contribution in [3.05, 3.63) is 64.1 Å². The van der Waals surface area contributed by atoms with Gasteiger partial charge >= 0.3 is 0 Å². The number of hydrogen-bond donors (Lipinski definition) is 1. The van der Waals surface area contributed by atoms with Gasteiger partial charge < -0.3 is 10.5 Å². The number of benzene rings is 2. The summed E-state index contributed by atoms with van der Waals surface area (Å²) in [5.41, 5.74) is 8.08. The molecule has 1 atom stereocenters. The molecule has 0 saturated heterocycles. The van der Waals surface area contributed by atoms with Gasteiger partial charge in [-0.2, -0.15) is 0 Å². The zero-order valence-electron chi connectivity index (χ0n) is 11.2. The lowest BCUT2D eigenvalue weighted by Crippen LogP contribution is -2.34. The molecular weight excluding hydrogens is 302 g/mol. The predicted octanol–water partition coefficient (Wildman–Crippen LogP) is 4.07. The molecule has 0 spiro atoms. The molecule has 2 aromatic rings. The molecule has 19 heavy (non-hydrogen) atoms. The summed E-state index contributed by atoms with van der Waals surface area (Å²) in [6.07, 6.45) is 0. The number of rotatable bonds is 4. The number of nitrogens with two attached hydrogens (primary N) is 1. The van der Waals surface area contributed by atoms with Gasteiger partial charge in [-0.05, 0) is 49.2 Å². The van der Waals surface area contributed by atoms with Crippen molar-refractivity contribution in [2.24, 2.45) is 5.73 Å². The highest BCUT2D eigenvalue weighted by Gasteiger charge is 2.24. The van der Waals surface area contributed by atoms with Crippen LogP contribution in [-0.4, -0.2) is 6.61 Å². The average Bonchev–Trinajstić information content (AvgIpc) is 2.39. The number of ether oxygens (including phenoxy) is 1. The molecule has 3 heteroatoms. The van der Waals surface area contributed by atoms with E-state index in [9.17, 15) is 0 Å². The third kappa shape index (κ3) is 3.17. The Kier molecular flexibility index (Phi) is 4.27. The van der Waals surface area contributed by atoms with E-state index in [-0.39, 0.29) is 0 Å². The summed E-state index contributed by atoms with van der Waals surface area (Å²) in [7, 11) is 0. The van der Waals surface area contributed by atoms with Crippen LogP contribution in [-0.2, 0) is 5.54 Å². The molecule has 0 aliphatic rings. The average molecular weight is 320 g/mol. The Morgan fingerprint density at radius 2 is 1.74 bits per heavy atom. The lowest BCUT2D eigenvalue weighted by atomic mass is 9.86. The van der Waals surface area contributed by atoms with Gasteiger partial charge in [0.1, 0.15) is 5.75 Å². The van der Waals surface area contributed by atoms with Crippen molar-refractivity contribution in [1.82, 2.24) is 0 Å². The summed E-state index contributed by atoms with van der Waals surface area (Å²) in [5.74, 6) is 0.853. The van der Waals surface area contributed by atoms with E-state index in [4.69, 9.17) is 10.5 Å². The predicted molar refractivity (Wildman–Crippen MR) is 82.4 cm³/mol. The molecule has 0 bridgehead atoms. The molecule has 0 radical (unpaired) electrons. The van der Waals surface area contributed by atoms with Gasteiger partial charge in [0.2, 0.25) is 0 Å². The van der Waals surface area contributed by atoms with E-state index in [2.05, 4.69) is 15.9 Å². The normalized spacial score (nSPS) is 13.9. The van der Waals surface area contributed by atoms with E-state index in [1.807, 2.05) is 62.4 Å². The fourth-order valence-corrected chi connectivity index (χ4v) is 2.45. The van der Waals surface area contributed by atoms with E-state index < -0.39 is 5.54 Å². The minimum atomic E-state index is -0.545. The first kappa shape index (κ1) is 14.1. The molecule has 0 aliphatic heterocycles. The lowest BCUT2D eigenvalue weighted by molar-refractivity contribution is 0.339. The van der Waals surface area contributed by atoms with Gasteiger partial charge in [0, 0.05) is 4.47 Å². The molecule has 2 rings (SSSR count). The van der Waals surface area contributed by atoms with Gasteiger partial charge in [-0.1, -0.05) is 40.2 Å². The second kappa shape index (κ2) is 5.76. The van der Waals surface area contributed by atoms with Crippen LogP contribution >= 0.6 is 15.9 Å². The van der Waals surface area contributed by atoms with Gasteiger partial charge in [0.25, 0.3) is 0 Å². The Morgan fingerprint density at radius 1 is 1.11 bits per heavy atom. The van der Waals surface area contributed by atoms with Crippen molar-refractivity contribution in [3.63, 3.8) is 0 Å². The van der Waals surface area contributed by atoms with Crippen molar-refractivity contribution in [2.45, 2.75) is 19.4 Å². The second-order valence-corrected chi connectivity index (χ2v) is 5.59. The van der Waals surface area contributed by atoms with Crippen LogP contribution in [0.5, 0.6) is 5.75 Å². The maximum absolute atomic E-state index is 6.52. The van der Waals surface area contributed by atoms with E-state index >= 15 is 0 Å². The highest BCUT2D eigenvalue weighted by Crippen LogP contribution is 2.30. The quantitative estimate of drug-likeness (QED) is 0.922. The van der Waals surface area contributed by atoms with E-state index in [0.717, 1.165) is 21.3 Å². The second-order valence-electron chi connectivity index (χ2n) is 4.67. The van der Waals surface area contributed by atoms with Gasteiger partial charge in [-0.25, -0.2) is 0 Å². The molecule has 1 unspecified atom stereocenters. The molecule has 0 saturated carbocycles. The van der Waals surface area contributed by atoms with Crippen molar-refractivity contribution in [1.29, 1.82) is 0 Å². The van der Waals surface area contributed by atoms with Crippen molar-refractivity contribution in [3.8, 4) is 5.75 Å². The Hall–Kier alpha value is -1.32. The molecule has 2 N–H and O–H groups in total. The molecular formula is C16H18BrNO. The topological polar surface area (TPSA) is 35.2 Å². The van der Waals surface area contributed by atoms with Gasteiger partial charge in [-0.3, -0.25) is 0 Å². The first-order chi connectivity index (χ1) is 9.04. The zero-order chi connectivity index (χ0) is 13.9. The minimum Gasteiger partial charge on any atom is -0.494 e. The van der Waals surface area contributed by atoms with E-state index in [0.29, 0.717) is 6.61 Å². The maximum atomic E-state index is 6.52. The molecule has 0 amide bonds. The van der Waals surface area contributed by atoms with Crippen LogP contribution in [0, 0.1) is 0 Å². The molecule has 0 aromatic heterocycles. The first-order valence-corrected chi connectivity index (χ1v) is 7.11. The Balaban J connectivity index is 2.41. The highest BCUT2D eigenvalue weighted by atomic mass is 79.9. The van der Waals surface area contributed by atoms with Gasteiger partial charge in [0.05, 0.1) is 12.1 Å². The first-order valence-electron chi connectivity index (χ1n) is 6.32. The highest BCUT2D eigenvalue weighted by molar-refractivity contribution is 9.10. The van der Waals surface area contributed by atoms with E-state index in [1.54, 1.807) is 0 Å². The van der Waals surface area contributed by atoms with Crippen LogP contribution in [0.25, 0.3) is 0 Å². The van der Waals surface area contributed by atoms with Crippen LogP contribution in [0.4, 0.5) is 0 Å². The van der Waals surface area contributed by atoms with Crippen LogP contribution in [0.3, 0.4) is 0 Å². The molecule has 2 aromatic carbocycles. The summed E-state index contributed by atoms with van der Waals surface area (Å²) in [4.78, 5) is 0. The standard InChI is InChI=1S/C16H18BrNO/c1-3-19-15-9-5-7-13(11-15)16(2,18)12-6-4-8-14(17)10-12/h4-11H,3,18H2,1-2H3. The Labute approximate surface area is 122 Å². The lowest BCUT2D eigenvalue weighted by Gasteiger charge is -2.26. The van der Waals surface area contributed by atoms with Crippen molar-refractivity contribution >= 4 is 15.9 Å². The Morgan fingerprint density at radius 3 is 2.37 bits per heavy atom. The summed E-state index contributed by atoms with van der Waals surface area (Å²) in [6, 6.07) is 16.0. The molecule has 2 nitrogen and oxygen atoms in total. The SMILES string of the molecule is CCOc1cccc(C(C)(N)c2cccc(Br)c2)c1. The monoisotopic (exact) mass is 319 g/mol. The molecule has 0 aliphatic carbocycles. The van der Waals surface area contributed by atoms with Crippen molar-refractivity contribution in [2.75, 3.05) is 6.61 Å². The van der Waals surface area contributed by atoms with Crippen LogP contribution in [0.15, 0.2) is 53.0 Å². The number of halogens is 1. The third-order valence-corrected chi connectivity index (χ3v) is 3.66. The maximum Gasteiger partial charge on any atom is 0.119 e. The largest absolute Gasteiger partial charge is 0.494 e. The number of hydrogen-bond acceptors (Lipinski definition) is 2. The molecule has 100 valence electrons. The molecule has 0 heterocycles. The van der Waals surface area contributed by atoms with E-state index in [1.165, 1.54) is 0 Å². The summed E-state index contributed by atoms with van der Waals surface area (Å²) < 4.78 is 6.57. The Bertz CT molecular complexity index is 566.